The van der Waals surface area contributed by atoms with Crippen LogP contribution in [0.25, 0.3) is 0 Å². The van der Waals surface area contributed by atoms with Gasteiger partial charge in [0.05, 0.1) is 31.8 Å². The first-order valence-corrected chi connectivity index (χ1v) is 35.2. The van der Waals surface area contributed by atoms with Crippen molar-refractivity contribution in [1.29, 1.82) is 0 Å². The van der Waals surface area contributed by atoms with Gasteiger partial charge in [-0.3, -0.25) is 9.53 Å². The first-order chi connectivity index (χ1) is 41.1. The van der Waals surface area contributed by atoms with Gasteiger partial charge in [-0.15, -0.1) is 66.1 Å². The molecule has 0 aromatic rings. The van der Waals surface area contributed by atoms with Crippen LogP contribution in [0.2, 0.25) is 0 Å². The minimum atomic E-state index is -6.70. The molecule has 0 aromatic carbocycles. The molecule has 0 spiro atoms. The number of hydrogen-bond donors (Lipinski definition) is 2. The van der Waals surface area contributed by atoms with E-state index < -0.39 is 80.3 Å². The molecule has 0 amide bonds. The van der Waals surface area contributed by atoms with Crippen molar-refractivity contribution < 1.29 is 155 Å². The number of aldehydes is 1. The van der Waals surface area contributed by atoms with Crippen LogP contribution in [0.15, 0.2) is 66.1 Å². The second kappa shape index (κ2) is 75.3. The average Bonchev–Trinajstić information content (AvgIpc) is 0.740. The maximum atomic E-state index is 13.0. The van der Waals surface area contributed by atoms with Gasteiger partial charge in [0, 0.05) is 95.4 Å². The van der Waals surface area contributed by atoms with E-state index in [2.05, 4.69) is 132 Å². The summed E-state index contributed by atoms with van der Waals surface area (Å²) >= 11 is 133. The molecule has 0 aliphatic carbocycles. The fourth-order valence-electron chi connectivity index (χ4n) is 2.32. The molecule has 0 fully saturated rings. The molecule has 7 unspecified atom stereocenters. The van der Waals surface area contributed by atoms with Gasteiger partial charge in [0.1, 0.15) is 0 Å². The van der Waals surface area contributed by atoms with Crippen LogP contribution in [0.4, 0.5) is 57.4 Å². The molecule has 56 heteroatoms. The van der Waals surface area contributed by atoms with Crippen molar-refractivity contribution in [1.82, 2.24) is 0 Å². The van der Waals surface area contributed by atoms with Crippen molar-refractivity contribution in [2.24, 2.45) is 0 Å². The second-order valence-corrected chi connectivity index (χ2v) is 31.9. The number of halogens is 43. The molecular weight excluding hydrogens is 2060 g/mol. The third-order valence-electron chi connectivity index (χ3n) is 6.12. The Morgan fingerprint density at radius 2 is 0.895 bits per heavy atom. The molecule has 0 saturated carbocycles. The third-order valence-corrected chi connectivity index (χ3v) is 14.2. The zero-order valence-electron chi connectivity index (χ0n) is 46.1. The Balaban J connectivity index is -0.0000000666. The van der Waals surface area contributed by atoms with Gasteiger partial charge in [-0.25, -0.2) is 8.60 Å². The smallest absolute Gasteiger partial charge is 0.870 e. The predicted octanol–water partition coefficient (Wildman–Crippen LogP) is 23.7. The van der Waals surface area contributed by atoms with Crippen LogP contribution in [0.5, 0.6) is 0 Å². The third kappa shape index (κ3) is 91.8. The van der Waals surface area contributed by atoms with E-state index in [4.69, 9.17) is 286 Å². The summed E-state index contributed by atoms with van der Waals surface area (Å²) in [6.07, 6.45) is -1.36. The van der Waals surface area contributed by atoms with E-state index >= 15 is 0 Å². The first kappa shape index (κ1) is 135. The summed E-state index contributed by atoms with van der Waals surface area (Å²) in [4.78, 5) is 9.43. The molecule has 0 aromatic heterocycles. The molecule has 0 heterocycles. The minimum Gasteiger partial charge on any atom is -0.870 e. The molecule has 0 rings (SSSR count). The molecular formula is C39H44Cl30F13NaO10SZn. The summed E-state index contributed by atoms with van der Waals surface area (Å²) in [6, 6.07) is 0. The van der Waals surface area contributed by atoms with Crippen molar-refractivity contribution in [2.75, 3.05) is 44.8 Å². The SMILES string of the molecule is C=C=C(F)F.C=CCCO.C=CCCOC(Cl)C(Cl)(Cl)Cl.C=CCCOC(O)C(Cl)(Cl)Cl.ClCC(Cl)CCOC(Cl)=C(Cl)Cl.ClCC(Cl)CCOC(Cl)C(Cl)(Cl)Cl.ClCl.FC(F)(Cl)C(F)(Cl)C(F)(F)C(F)(F)OC(F)(Cl)C(F)(Cl)Cl.FF.O=CC(Cl)(Cl)Cl.O=S(Cl)Cl.[Na+].[OH-].[Zn]. The molecule has 0 saturated heterocycles. The van der Waals surface area contributed by atoms with Crippen LogP contribution in [0, 0.1) is 0 Å². The van der Waals surface area contributed by atoms with Crippen molar-refractivity contribution in [2.45, 2.75) is 108 Å². The largest absolute Gasteiger partial charge is 1.00 e. The van der Waals surface area contributed by atoms with Crippen LogP contribution in [0.1, 0.15) is 32.1 Å². The Morgan fingerprint density at radius 1 is 0.600 bits per heavy atom. The van der Waals surface area contributed by atoms with E-state index in [-0.39, 0.29) is 87.9 Å². The fourth-order valence-corrected chi connectivity index (χ4v) is 4.14. The Labute approximate surface area is 724 Å². The van der Waals surface area contributed by atoms with Gasteiger partial charge >= 0.3 is 68.1 Å². The van der Waals surface area contributed by atoms with Crippen LogP contribution >= 0.6 is 345 Å². The zero-order valence-corrected chi connectivity index (χ0v) is 74.5. The number of hydrogen-bond acceptors (Lipinski definition) is 10. The number of aliphatic hydroxyl groups is 2. The summed E-state index contributed by atoms with van der Waals surface area (Å²) in [5.41, 5.74) is -0.524. The summed E-state index contributed by atoms with van der Waals surface area (Å²) < 4.78 is 172. The molecule has 10 nitrogen and oxygen atoms in total. The molecule has 0 bridgehead atoms. The number of alkyl halides is 32. The van der Waals surface area contributed by atoms with Crippen molar-refractivity contribution in [3.05, 3.63) is 66.1 Å². The molecule has 0 radical (unpaired) electrons. The van der Waals surface area contributed by atoms with Gasteiger partial charge in [0.2, 0.25) is 35.9 Å². The summed E-state index contributed by atoms with van der Waals surface area (Å²) in [7, 11) is 15.6. The van der Waals surface area contributed by atoms with E-state index in [1.54, 1.807) is 18.2 Å². The Bertz CT molecular complexity index is 1900. The Hall–Kier alpha value is 7.23. The van der Waals surface area contributed by atoms with Crippen molar-refractivity contribution >= 4 is 360 Å². The van der Waals surface area contributed by atoms with E-state index in [0.29, 0.717) is 70.3 Å². The fraction of sp³-hybridized carbons (Fsp3) is 0.692. The van der Waals surface area contributed by atoms with E-state index in [1.807, 2.05) is 0 Å². The van der Waals surface area contributed by atoms with Crippen LogP contribution in [-0.2, 0) is 57.2 Å². The summed E-state index contributed by atoms with van der Waals surface area (Å²) in [6.45, 7) is 14.6. The van der Waals surface area contributed by atoms with E-state index in [0.717, 1.165) is 0 Å². The maximum Gasteiger partial charge on any atom is 1.00 e. The van der Waals surface area contributed by atoms with Crippen molar-refractivity contribution in [3.8, 4) is 0 Å². The van der Waals surface area contributed by atoms with Gasteiger partial charge in [-0.05, 0) is 66.9 Å². The van der Waals surface area contributed by atoms with Gasteiger partial charge in [0.25, 0.3) is 0 Å². The van der Waals surface area contributed by atoms with Crippen LogP contribution in [0.3, 0.4) is 0 Å². The van der Waals surface area contributed by atoms with Gasteiger partial charge < -0.3 is 34.6 Å². The first-order valence-electron chi connectivity index (χ1n) is 20.9. The quantitative estimate of drug-likeness (QED) is 0.00818. The number of rotatable bonds is 26. The molecule has 0 aliphatic rings. The Morgan fingerprint density at radius 3 is 1.11 bits per heavy atom. The van der Waals surface area contributed by atoms with Crippen LogP contribution < -0.4 is 29.6 Å². The minimum absolute atomic E-state index is 0. The molecule has 3 N–H and O–H groups in total. The maximum absolute atomic E-state index is 13.0. The molecule has 570 valence electrons. The monoisotopic (exact) mass is 2090 g/mol. The normalized spacial score (nSPS) is 13.8. The average molecular weight is 2100 g/mol. The molecule has 7 atom stereocenters. The molecule has 0 aliphatic heterocycles. The van der Waals surface area contributed by atoms with E-state index in [1.165, 1.54) is 5.73 Å². The zero-order chi connectivity index (χ0) is 76.8. The van der Waals surface area contributed by atoms with Gasteiger partial charge in [-0.2, -0.15) is 43.9 Å². The van der Waals surface area contributed by atoms with Crippen molar-refractivity contribution in [3.63, 3.8) is 0 Å². The number of carbonyl (C=O) groups is 1. The van der Waals surface area contributed by atoms with Gasteiger partial charge in [-0.1, -0.05) is 251 Å². The summed E-state index contributed by atoms with van der Waals surface area (Å²) in [5.74, 6) is -5.97. The number of carbonyl (C=O) groups excluding carboxylic acids is 1. The van der Waals surface area contributed by atoms with Crippen LogP contribution in [-0.4, -0.2) is 147 Å². The predicted molar refractivity (Wildman–Crippen MR) is 370 cm³/mol. The Kier molecular flexibility index (Phi) is 107. The van der Waals surface area contributed by atoms with Gasteiger partial charge in [0.15, 0.2) is 21.9 Å². The van der Waals surface area contributed by atoms with E-state index in [9.17, 15) is 53.1 Å². The number of aliphatic hydroxyl groups excluding tert-OH is 2. The summed E-state index contributed by atoms with van der Waals surface area (Å²) in [5, 5.41) is -0.169. The standard InChI is InChI=1S/C6H8Cl6O.C6Cl5F9O.C6H7Cl5O.C6H8Cl4O.C6H9Cl3O2.C4H8O.C3H2F2.C2HCl3O.Cl2OS.Cl2.F2.Na.H2O.Zn/c7-3-4(8)1-2-13-5(9)6(10,11)12;7-1(12,4(10,16)17)2(13,14)6(19,20)21-5(11,18)3(8,9)15;7-3-4(8)1-2-12-6(11)5(9)10;1-2-3-4-11-5(7)6(8,9)10;1-2-3-4-11-5(10)6(7,8)9;1-2-3-4-5;1-2-3(4)5;3-2(4,5)1-6;1-4(2)3;2*1-2;;;/h4-5H,1-3H2;;4H,1-3H2;2,5H,1,3-4H2;2,5,10H,1,3-4H2;2,5H,1,3-4H2;1H2;1H;;;;;1H2;/q;;;;;;;;;;;+1;;/p-1. The topological polar surface area (TPSA) is 151 Å². The number of ether oxygens (including phenoxy) is 5. The molecule has 95 heavy (non-hydrogen) atoms. The second-order valence-electron chi connectivity index (χ2n) is 13.2.